The van der Waals surface area contributed by atoms with Crippen LogP contribution in [-0.4, -0.2) is 42.1 Å². The molecular weight excluding hydrogens is 596 g/mol. The summed E-state index contributed by atoms with van der Waals surface area (Å²) in [5.41, 5.74) is 26.1. The first-order chi connectivity index (χ1) is 23.3. The van der Waals surface area contributed by atoms with Gasteiger partial charge < -0.3 is 37.7 Å². The quantitative estimate of drug-likeness (QED) is 0.0381. The van der Waals surface area contributed by atoms with Gasteiger partial charge in [-0.25, -0.2) is 0 Å². The lowest BCUT2D eigenvalue weighted by Gasteiger charge is -2.11. The molecule has 0 amide bonds. The first-order valence-electron chi connectivity index (χ1n) is 16.8. The van der Waals surface area contributed by atoms with E-state index in [1.807, 2.05) is 0 Å². The third-order valence-corrected chi connectivity index (χ3v) is 8.68. The summed E-state index contributed by atoms with van der Waals surface area (Å²) in [5, 5.41) is 33.4. The summed E-state index contributed by atoms with van der Waals surface area (Å²) in [6.07, 6.45) is 6.81. The maximum absolute atomic E-state index is 7.58. The van der Waals surface area contributed by atoms with Crippen molar-refractivity contribution in [2.75, 3.05) is 19.6 Å². The van der Waals surface area contributed by atoms with Crippen LogP contribution in [0.3, 0.4) is 0 Å². The third-order valence-electron chi connectivity index (χ3n) is 8.68. The number of hydrogen-bond donors (Lipinski definition) is 9. The Morgan fingerprint density at radius 3 is 1.48 bits per heavy atom. The predicted molar refractivity (Wildman–Crippen MR) is 201 cm³/mol. The van der Waals surface area contributed by atoms with Crippen molar-refractivity contribution in [1.29, 1.82) is 16.2 Å². The fraction of sp³-hybridized carbons (Fsp3) is 0.289. The molecule has 0 unspecified atom stereocenters. The molecule has 10 heteroatoms. The second-order valence-electron chi connectivity index (χ2n) is 12.3. The molecule has 0 fully saturated rings. The summed E-state index contributed by atoms with van der Waals surface area (Å²) in [7, 11) is 0. The number of guanidine groups is 3. The smallest absolute Gasteiger partial charge is 0.185 e. The van der Waals surface area contributed by atoms with Crippen molar-refractivity contribution in [2.24, 2.45) is 17.2 Å². The Kier molecular flexibility index (Phi) is 11.5. The van der Waals surface area contributed by atoms with E-state index in [2.05, 4.69) is 105 Å². The highest BCUT2D eigenvalue weighted by molar-refractivity contribution is 6.10. The molecule has 5 rings (SSSR count). The van der Waals surface area contributed by atoms with E-state index < -0.39 is 0 Å². The molecule has 0 saturated heterocycles. The average Bonchev–Trinajstić information content (AvgIpc) is 3.38. The van der Waals surface area contributed by atoms with Gasteiger partial charge in [-0.1, -0.05) is 79.2 Å². The fourth-order valence-electron chi connectivity index (χ4n) is 6.34. The van der Waals surface area contributed by atoms with Crippen molar-refractivity contribution in [3.63, 3.8) is 0 Å². The maximum Gasteiger partial charge on any atom is 0.185 e. The highest BCUT2D eigenvalue weighted by Crippen LogP contribution is 2.35. The molecule has 12 N–H and O–H groups in total. The molecule has 0 aliphatic rings. The Morgan fingerprint density at radius 1 is 0.500 bits per heavy atom. The van der Waals surface area contributed by atoms with Crippen molar-refractivity contribution in [1.82, 2.24) is 20.5 Å². The molecule has 0 bridgehead atoms. The number of nitrogens with two attached hydrogens (primary N) is 3. The third kappa shape index (κ3) is 9.06. The Hall–Kier alpha value is -5.51. The van der Waals surface area contributed by atoms with Gasteiger partial charge in [0, 0.05) is 48.0 Å². The second kappa shape index (κ2) is 16.4. The number of nitrogens with one attached hydrogen (secondary N) is 6. The van der Waals surface area contributed by atoms with Gasteiger partial charge in [-0.15, -0.1) is 0 Å². The second-order valence-corrected chi connectivity index (χ2v) is 12.3. The standard InChI is InChI=1S/C38H48N10/c39-36(40)45-18-3-1-2-8-26-9-4-12-28(22-26)30-14-16-32-33-17-15-31(29-13-5-10-27(23-29)11-6-19-46-37(41)42)25-35(33)48(34(32)24-30)21-7-20-47-38(43)44/h4-5,9-10,12-17,22-25H,1-3,6-8,11,18-21H2,(H4,39,40,45)(H4,41,42,46)(H4,43,44,47). The first-order valence-corrected chi connectivity index (χ1v) is 16.8. The van der Waals surface area contributed by atoms with E-state index in [0.29, 0.717) is 13.1 Å². The van der Waals surface area contributed by atoms with Gasteiger partial charge in [-0.05, 0) is 84.0 Å². The summed E-state index contributed by atoms with van der Waals surface area (Å²) >= 11 is 0. The molecule has 0 atom stereocenters. The van der Waals surface area contributed by atoms with E-state index >= 15 is 0 Å². The summed E-state index contributed by atoms with van der Waals surface area (Å²) in [5.74, 6) is 0.0313. The lowest BCUT2D eigenvalue weighted by Crippen LogP contribution is -2.31. The normalized spacial score (nSPS) is 11.1. The molecule has 1 heterocycles. The zero-order valence-corrected chi connectivity index (χ0v) is 27.5. The van der Waals surface area contributed by atoms with E-state index in [-0.39, 0.29) is 17.9 Å². The van der Waals surface area contributed by atoms with Crippen molar-refractivity contribution in [3.05, 3.63) is 96.1 Å². The van der Waals surface area contributed by atoms with Crippen LogP contribution in [0.5, 0.6) is 0 Å². The van der Waals surface area contributed by atoms with E-state index in [1.165, 1.54) is 55.2 Å². The Morgan fingerprint density at radius 2 is 0.958 bits per heavy atom. The minimum absolute atomic E-state index is 0.00738. The zero-order valence-electron chi connectivity index (χ0n) is 27.5. The number of unbranched alkanes of at least 4 members (excludes halogenated alkanes) is 2. The number of aromatic nitrogens is 1. The SMILES string of the molecule is N=C(N)NCCCCCc1cccc(-c2ccc3c4ccc(-c5cccc(CCCNC(=N)N)c5)cc4n(CCCNC(=N)N)c3c2)c1. The highest BCUT2D eigenvalue weighted by atomic mass is 15.1. The zero-order chi connectivity index (χ0) is 33.9. The Balaban J connectivity index is 1.42. The van der Waals surface area contributed by atoms with Crippen molar-refractivity contribution in [2.45, 2.75) is 51.5 Å². The number of nitrogens with zero attached hydrogens (tertiary/aromatic N) is 1. The highest BCUT2D eigenvalue weighted by Gasteiger charge is 2.14. The Labute approximate surface area is 282 Å². The predicted octanol–water partition coefficient (Wildman–Crippen LogP) is 5.61. The molecule has 10 nitrogen and oxygen atoms in total. The molecule has 1 aromatic heterocycles. The van der Waals surface area contributed by atoms with Gasteiger partial charge in [0.15, 0.2) is 17.9 Å². The molecular formula is C38H48N10. The van der Waals surface area contributed by atoms with Crippen molar-refractivity contribution >= 4 is 39.7 Å². The molecule has 0 aliphatic heterocycles. The molecule has 4 aromatic carbocycles. The van der Waals surface area contributed by atoms with Gasteiger partial charge in [0.25, 0.3) is 0 Å². The fourth-order valence-corrected chi connectivity index (χ4v) is 6.34. The largest absolute Gasteiger partial charge is 0.370 e. The number of rotatable bonds is 16. The monoisotopic (exact) mass is 644 g/mol. The van der Waals surface area contributed by atoms with Crippen LogP contribution in [-0.2, 0) is 19.4 Å². The van der Waals surface area contributed by atoms with Crippen molar-refractivity contribution in [3.8, 4) is 22.3 Å². The molecule has 0 spiro atoms. The molecule has 0 saturated carbocycles. The van der Waals surface area contributed by atoms with E-state index in [9.17, 15) is 0 Å². The lowest BCUT2D eigenvalue weighted by atomic mass is 9.98. The van der Waals surface area contributed by atoms with E-state index in [0.717, 1.165) is 58.0 Å². The van der Waals surface area contributed by atoms with Crippen LogP contribution in [0.25, 0.3) is 44.1 Å². The van der Waals surface area contributed by atoms with Crippen LogP contribution in [0, 0.1) is 16.2 Å². The molecule has 0 radical (unpaired) electrons. The molecule has 0 aliphatic carbocycles. The van der Waals surface area contributed by atoms with Crippen LogP contribution in [0.4, 0.5) is 0 Å². The number of aryl methyl sites for hydroxylation is 3. The number of fused-ring (bicyclic) bond motifs is 3. The minimum Gasteiger partial charge on any atom is -0.370 e. The summed E-state index contributed by atoms with van der Waals surface area (Å²) < 4.78 is 2.41. The van der Waals surface area contributed by atoms with Gasteiger partial charge >= 0.3 is 0 Å². The summed E-state index contributed by atoms with van der Waals surface area (Å²) in [4.78, 5) is 0. The lowest BCUT2D eigenvalue weighted by molar-refractivity contribution is 0.659. The Bertz CT molecular complexity index is 1890. The summed E-state index contributed by atoms with van der Waals surface area (Å²) in [6, 6.07) is 31.1. The van der Waals surface area contributed by atoms with Crippen LogP contribution in [0.15, 0.2) is 84.9 Å². The van der Waals surface area contributed by atoms with Crippen LogP contribution in [0.2, 0.25) is 0 Å². The van der Waals surface area contributed by atoms with Gasteiger partial charge in [0.05, 0.1) is 0 Å². The number of benzene rings is 4. The van der Waals surface area contributed by atoms with E-state index in [1.54, 1.807) is 0 Å². The van der Waals surface area contributed by atoms with Gasteiger partial charge in [-0.3, -0.25) is 16.2 Å². The first kappa shape index (κ1) is 33.8. The molecule has 5 aromatic rings. The minimum atomic E-state index is -0.00800. The van der Waals surface area contributed by atoms with E-state index in [4.69, 9.17) is 33.4 Å². The molecule has 250 valence electrons. The topological polar surface area (TPSA) is 191 Å². The van der Waals surface area contributed by atoms with Crippen molar-refractivity contribution < 1.29 is 0 Å². The average molecular weight is 645 g/mol. The van der Waals surface area contributed by atoms with Crippen LogP contribution in [0.1, 0.15) is 43.2 Å². The summed E-state index contributed by atoms with van der Waals surface area (Å²) in [6.45, 7) is 2.83. The number of hydrogen-bond acceptors (Lipinski definition) is 3. The van der Waals surface area contributed by atoms with Crippen LogP contribution >= 0.6 is 0 Å². The van der Waals surface area contributed by atoms with Gasteiger partial charge in [0.2, 0.25) is 0 Å². The maximum atomic E-state index is 7.58. The van der Waals surface area contributed by atoms with Gasteiger partial charge in [0.1, 0.15) is 0 Å². The van der Waals surface area contributed by atoms with Gasteiger partial charge in [-0.2, -0.15) is 0 Å². The van der Waals surface area contributed by atoms with Crippen LogP contribution < -0.4 is 33.2 Å². The molecule has 48 heavy (non-hydrogen) atoms.